The van der Waals surface area contributed by atoms with Gasteiger partial charge in [-0.05, 0) is 50.3 Å². The summed E-state index contributed by atoms with van der Waals surface area (Å²) >= 11 is 0. The van der Waals surface area contributed by atoms with Crippen LogP contribution in [-0.2, 0) is 6.54 Å². The van der Waals surface area contributed by atoms with Crippen LogP contribution in [0.2, 0.25) is 0 Å². The van der Waals surface area contributed by atoms with E-state index in [2.05, 4.69) is 10.1 Å². The van der Waals surface area contributed by atoms with Crippen molar-refractivity contribution < 1.29 is 9.90 Å². The van der Waals surface area contributed by atoms with Gasteiger partial charge in [-0.15, -0.1) is 0 Å². The van der Waals surface area contributed by atoms with Gasteiger partial charge in [0.25, 0.3) is 5.91 Å². The molecule has 1 aliphatic heterocycles. The summed E-state index contributed by atoms with van der Waals surface area (Å²) in [5.41, 5.74) is 0.639. The highest BCUT2D eigenvalue weighted by molar-refractivity contribution is 5.94. The lowest BCUT2D eigenvalue weighted by atomic mass is 9.98. The molecule has 0 aromatic carbocycles. The fourth-order valence-corrected chi connectivity index (χ4v) is 3.61. The number of aromatic nitrogens is 3. The van der Waals surface area contributed by atoms with Gasteiger partial charge in [-0.25, -0.2) is 4.98 Å². The maximum atomic E-state index is 13.0. The van der Waals surface area contributed by atoms with E-state index in [4.69, 9.17) is 5.11 Å². The van der Waals surface area contributed by atoms with Crippen LogP contribution in [0.15, 0.2) is 36.8 Å². The maximum absolute atomic E-state index is 13.0. The molecule has 3 rings (SSSR count). The summed E-state index contributed by atoms with van der Waals surface area (Å²) in [5, 5.41) is 13.2. The average molecular weight is 371 g/mol. The Morgan fingerprint density at radius 2 is 2.26 bits per heavy atom. The number of anilines is 1. The number of hydrogen-bond acceptors (Lipinski definition) is 5. The summed E-state index contributed by atoms with van der Waals surface area (Å²) in [7, 11) is 1.94. The molecule has 1 amide bonds. The molecule has 3 heterocycles. The lowest BCUT2D eigenvalue weighted by Gasteiger charge is -2.36. The number of aliphatic hydroxyl groups excluding tert-OH is 1. The number of aliphatic hydroxyl groups is 1. The van der Waals surface area contributed by atoms with Crippen molar-refractivity contribution in [2.45, 2.75) is 44.7 Å². The maximum Gasteiger partial charge on any atom is 0.255 e. The molecule has 1 fully saturated rings. The number of carbonyl (C=O) groups excluding carboxylic acids is 1. The normalized spacial score (nSPS) is 17.1. The molecule has 0 radical (unpaired) electrons. The van der Waals surface area contributed by atoms with E-state index in [-0.39, 0.29) is 18.6 Å². The molecule has 7 heteroatoms. The van der Waals surface area contributed by atoms with E-state index >= 15 is 0 Å². The third kappa shape index (κ3) is 5.07. The highest BCUT2D eigenvalue weighted by Gasteiger charge is 2.27. The first kappa shape index (κ1) is 19.4. The van der Waals surface area contributed by atoms with Crippen molar-refractivity contribution in [1.82, 2.24) is 19.7 Å². The number of carbonyl (C=O) groups is 1. The van der Waals surface area contributed by atoms with Crippen LogP contribution in [0.4, 0.5) is 5.82 Å². The molecule has 1 unspecified atom stereocenters. The van der Waals surface area contributed by atoms with E-state index in [0.29, 0.717) is 12.0 Å². The molecule has 0 bridgehead atoms. The van der Waals surface area contributed by atoms with Crippen LogP contribution in [0.3, 0.4) is 0 Å². The zero-order valence-corrected chi connectivity index (χ0v) is 16.0. The van der Waals surface area contributed by atoms with Crippen molar-refractivity contribution in [3.63, 3.8) is 0 Å². The highest BCUT2D eigenvalue weighted by Crippen LogP contribution is 2.23. The first-order valence-corrected chi connectivity index (χ1v) is 9.75. The predicted molar refractivity (Wildman–Crippen MR) is 105 cm³/mol. The van der Waals surface area contributed by atoms with Gasteiger partial charge in [0.15, 0.2) is 0 Å². The summed E-state index contributed by atoms with van der Waals surface area (Å²) in [4.78, 5) is 21.5. The molecule has 1 aliphatic rings. The smallest absolute Gasteiger partial charge is 0.255 e. The van der Waals surface area contributed by atoms with Crippen molar-refractivity contribution in [1.29, 1.82) is 0 Å². The standard InChI is InChI=1S/C20H29N5O2/c1-23(11-5-15-26)19-8-7-17(16-21-19)20(27)25-13-3-2-6-18(25)9-14-24-12-4-10-22-24/h4,7-8,10,12,16,18,26H,2-3,5-6,9,11,13-15H2,1H3. The van der Waals surface area contributed by atoms with Gasteiger partial charge in [0.1, 0.15) is 5.82 Å². The molecule has 1 saturated heterocycles. The Labute approximate surface area is 160 Å². The van der Waals surface area contributed by atoms with Gasteiger partial charge in [-0.1, -0.05) is 0 Å². The lowest BCUT2D eigenvalue weighted by Crippen LogP contribution is -2.44. The molecule has 7 nitrogen and oxygen atoms in total. The molecule has 2 aromatic heterocycles. The molecule has 1 atom stereocenters. The second-order valence-electron chi connectivity index (χ2n) is 7.11. The van der Waals surface area contributed by atoms with Crippen LogP contribution >= 0.6 is 0 Å². The predicted octanol–water partition coefficient (Wildman–Crippen LogP) is 2.18. The zero-order valence-electron chi connectivity index (χ0n) is 16.0. The number of aryl methyl sites for hydroxylation is 1. The first-order valence-electron chi connectivity index (χ1n) is 9.75. The van der Waals surface area contributed by atoms with Crippen LogP contribution in [0, 0.1) is 0 Å². The fraction of sp³-hybridized carbons (Fsp3) is 0.550. The lowest BCUT2D eigenvalue weighted by molar-refractivity contribution is 0.0593. The molecule has 0 spiro atoms. The summed E-state index contributed by atoms with van der Waals surface area (Å²) in [5.74, 6) is 0.881. The van der Waals surface area contributed by atoms with Crippen LogP contribution < -0.4 is 4.90 Å². The average Bonchev–Trinajstić information content (AvgIpc) is 3.24. The van der Waals surface area contributed by atoms with E-state index in [1.165, 1.54) is 6.42 Å². The monoisotopic (exact) mass is 371 g/mol. The van der Waals surface area contributed by atoms with Crippen LogP contribution in [-0.4, -0.2) is 63.5 Å². The number of hydrogen-bond donors (Lipinski definition) is 1. The first-order chi connectivity index (χ1) is 13.2. The summed E-state index contributed by atoms with van der Waals surface area (Å²) in [6, 6.07) is 5.92. The summed E-state index contributed by atoms with van der Waals surface area (Å²) in [6.07, 6.45) is 10.3. The number of nitrogens with zero attached hydrogens (tertiary/aromatic N) is 5. The molecule has 146 valence electrons. The summed E-state index contributed by atoms with van der Waals surface area (Å²) in [6.45, 7) is 2.53. The Kier molecular flexibility index (Phi) is 6.81. The number of amides is 1. The Bertz CT molecular complexity index is 702. The fourth-order valence-electron chi connectivity index (χ4n) is 3.61. The Balaban J connectivity index is 1.63. The topological polar surface area (TPSA) is 74.5 Å². The largest absolute Gasteiger partial charge is 0.396 e. The van der Waals surface area contributed by atoms with E-state index in [9.17, 15) is 4.79 Å². The van der Waals surface area contributed by atoms with Gasteiger partial charge in [0.2, 0.25) is 0 Å². The number of rotatable bonds is 8. The van der Waals surface area contributed by atoms with Crippen molar-refractivity contribution in [2.24, 2.45) is 0 Å². The third-order valence-electron chi connectivity index (χ3n) is 5.18. The van der Waals surface area contributed by atoms with Gasteiger partial charge in [-0.3, -0.25) is 9.48 Å². The van der Waals surface area contributed by atoms with Gasteiger partial charge in [0.05, 0.1) is 5.56 Å². The molecular formula is C20H29N5O2. The van der Waals surface area contributed by atoms with Gasteiger partial charge < -0.3 is 14.9 Å². The van der Waals surface area contributed by atoms with Crippen molar-refractivity contribution >= 4 is 11.7 Å². The summed E-state index contributed by atoms with van der Waals surface area (Å²) < 4.78 is 1.93. The van der Waals surface area contributed by atoms with Gasteiger partial charge >= 0.3 is 0 Å². The van der Waals surface area contributed by atoms with E-state index in [1.54, 1.807) is 12.4 Å². The second-order valence-corrected chi connectivity index (χ2v) is 7.11. The number of pyridine rings is 1. The zero-order chi connectivity index (χ0) is 19.1. The van der Waals surface area contributed by atoms with E-state index in [0.717, 1.165) is 44.7 Å². The van der Waals surface area contributed by atoms with Crippen LogP contribution in [0.1, 0.15) is 42.5 Å². The van der Waals surface area contributed by atoms with Crippen molar-refractivity contribution in [3.8, 4) is 0 Å². The molecule has 0 saturated carbocycles. The highest BCUT2D eigenvalue weighted by atomic mass is 16.3. The quantitative estimate of drug-likeness (QED) is 0.770. The second kappa shape index (κ2) is 9.50. The van der Waals surface area contributed by atoms with E-state index in [1.807, 2.05) is 45.9 Å². The SMILES string of the molecule is CN(CCCO)c1ccc(C(=O)N2CCCCC2CCn2cccn2)cn1. The number of piperidine rings is 1. The molecule has 27 heavy (non-hydrogen) atoms. The minimum Gasteiger partial charge on any atom is -0.396 e. The molecule has 1 N–H and O–H groups in total. The Morgan fingerprint density at radius 3 is 2.96 bits per heavy atom. The minimum atomic E-state index is 0.0669. The van der Waals surface area contributed by atoms with Crippen molar-refractivity contribution in [3.05, 3.63) is 42.4 Å². The van der Waals surface area contributed by atoms with Gasteiger partial charge in [-0.2, -0.15) is 5.10 Å². The Morgan fingerprint density at radius 1 is 1.37 bits per heavy atom. The minimum absolute atomic E-state index is 0.0669. The number of likely N-dealkylation sites (tertiary alicyclic amines) is 1. The molecule has 2 aromatic rings. The molecule has 0 aliphatic carbocycles. The Hall–Kier alpha value is -2.41. The van der Waals surface area contributed by atoms with Crippen LogP contribution in [0.25, 0.3) is 0 Å². The van der Waals surface area contributed by atoms with Crippen molar-refractivity contribution in [2.75, 3.05) is 31.6 Å². The third-order valence-corrected chi connectivity index (χ3v) is 5.18. The van der Waals surface area contributed by atoms with Gasteiger partial charge in [0, 0.05) is 57.9 Å². The van der Waals surface area contributed by atoms with Crippen LogP contribution in [0.5, 0.6) is 0 Å². The van der Waals surface area contributed by atoms with E-state index < -0.39 is 0 Å². The molecular weight excluding hydrogens is 342 g/mol.